The summed E-state index contributed by atoms with van der Waals surface area (Å²) in [5.41, 5.74) is 0.627. The summed E-state index contributed by atoms with van der Waals surface area (Å²) < 4.78 is 7.02. The van der Waals surface area contributed by atoms with Crippen molar-refractivity contribution in [2.24, 2.45) is 5.41 Å². The Hall–Kier alpha value is -1.76. The van der Waals surface area contributed by atoms with Gasteiger partial charge in [-0.2, -0.15) is 0 Å². The average Bonchev–Trinajstić information content (AvgIpc) is 2.81. The monoisotopic (exact) mass is 484 g/mol. The van der Waals surface area contributed by atoms with Crippen molar-refractivity contribution in [2.75, 3.05) is 13.2 Å². The molecular formula is C29H44O4Si. The van der Waals surface area contributed by atoms with E-state index in [1.807, 2.05) is 19.1 Å². The van der Waals surface area contributed by atoms with E-state index < -0.39 is 32.5 Å². The number of rotatable bonds is 12. The number of allylic oxidation sites excluding steroid dienone is 2. The van der Waals surface area contributed by atoms with Crippen LogP contribution in [-0.4, -0.2) is 49.1 Å². The predicted octanol–water partition coefficient (Wildman–Crippen LogP) is 4.42. The molecule has 0 spiro atoms. The summed E-state index contributed by atoms with van der Waals surface area (Å²) in [4.78, 5) is 0. The van der Waals surface area contributed by atoms with Crippen LogP contribution in [0.4, 0.5) is 0 Å². The average molecular weight is 485 g/mol. The minimum absolute atomic E-state index is 0.128. The van der Waals surface area contributed by atoms with Crippen LogP contribution < -0.4 is 10.4 Å². The second-order valence-corrected chi connectivity index (χ2v) is 15.2. The highest BCUT2D eigenvalue weighted by atomic mass is 28.4. The molecule has 0 saturated carbocycles. The SMILES string of the molecule is CC(C)=CCC[C@@](C)(CCO[Si](c1ccccc1)(c1ccccc1)C(C)(C)C)[C@@H](O)[C@@H](O)CO. The predicted molar refractivity (Wildman–Crippen MR) is 144 cm³/mol. The minimum Gasteiger partial charge on any atom is -0.407 e. The summed E-state index contributed by atoms with van der Waals surface area (Å²) in [6.45, 7) is 12.8. The maximum absolute atomic E-state index is 11.0. The van der Waals surface area contributed by atoms with Gasteiger partial charge in [-0.1, -0.05) is 100 Å². The van der Waals surface area contributed by atoms with Gasteiger partial charge >= 0.3 is 0 Å². The second-order valence-electron chi connectivity index (χ2n) is 10.9. The summed E-state index contributed by atoms with van der Waals surface area (Å²) >= 11 is 0. The molecule has 0 fully saturated rings. The van der Waals surface area contributed by atoms with E-state index in [2.05, 4.69) is 89.2 Å². The van der Waals surface area contributed by atoms with Crippen LogP contribution in [0.15, 0.2) is 72.3 Å². The number of aliphatic hydroxyl groups is 3. The van der Waals surface area contributed by atoms with Crippen LogP contribution in [0, 0.1) is 5.41 Å². The molecule has 0 heterocycles. The Morgan fingerprint density at radius 3 is 1.79 bits per heavy atom. The van der Waals surface area contributed by atoms with E-state index in [9.17, 15) is 15.3 Å². The van der Waals surface area contributed by atoms with E-state index in [1.54, 1.807) is 0 Å². The number of hydrogen-bond acceptors (Lipinski definition) is 4. The molecule has 0 aromatic heterocycles. The highest BCUT2D eigenvalue weighted by molar-refractivity contribution is 6.99. The molecule has 0 radical (unpaired) electrons. The van der Waals surface area contributed by atoms with Gasteiger partial charge in [-0.3, -0.25) is 0 Å². The first-order chi connectivity index (χ1) is 16.0. The Morgan fingerprint density at radius 2 is 1.38 bits per heavy atom. The van der Waals surface area contributed by atoms with Gasteiger partial charge < -0.3 is 19.7 Å². The fourth-order valence-electron chi connectivity index (χ4n) is 4.87. The molecule has 0 bridgehead atoms. The van der Waals surface area contributed by atoms with Crippen LogP contribution in [0.1, 0.15) is 60.8 Å². The van der Waals surface area contributed by atoms with E-state index in [0.29, 0.717) is 19.4 Å². The van der Waals surface area contributed by atoms with Crippen LogP contribution >= 0.6 is 0 Å². The summed E-state index contributed by atoms with van der Waals surface area (Å²) in [6.07, 6.45) is 2.01. The van der Waals surface area contributed by atoms with E-state index in [1.165, 1.54) is 15.9 Å². The highest BCUT2D eigenvalue weighted by Gasteiger charge is 2.50. The smallest absolute Gasteiger partial charge is 0.261 e. The molecule has 2 aromatic carbocycles. The fourth-order valence-corrected chi connectivity index (χ4v) is 9.44. The first-order valence-electron chi connectivity index (χ1n) is 12.3. The van der Waals surface area contributed by atoms with E-state index >= 15 is 0 Å². The molecule has 4 nitrogen and oxygen atoms in total. The van der Waals surface area contributed by atoms with Gasteiger partial charge in [0, 0.05) is 6.61 Å². The van der Waals surface area contributed by atoms with Crippen LogP contribution in [0.5, 0.6) is 0 Å². The van der Waals surface area contributed by atoms with Gasteiger partial charge in [-0.15, -0.1) is 0 Å². The van der Waals surface area contributed by atoms with E-state index in [4.69, 9.17) is 4.43 Å². The van der Waals surface area contributed by atoms with Crippen LogP contribution in [0.25, 0.3) is 0 Å². The lowest BCUT2D eigenvalue weighted by Crippen LogP contribution is -2.66. The molecule has 3 atom stereocenters. The van der Waals surface area contributed by atoms with Gasteiger partial charge in [0.05, 0.1) is 12.7 Å². The zero-order chi connectivity index (χ0) is 25.4. The second kappa shape index (κ2) is 12.3. The third-order valence-electron chi connectivity index (χ3n) is 6.94. The maximum atomic E-state index is 11.0. The third kappa shape index (κ3) is 6.67. The maximum Gasteiger partial charge on any atom is 0.261 e. The lowest BCUT2D eigenvalue weighted by Gasteiger charge is -2.44. The summed E-state index contributed by atoms with van der Waals surface area (Å²) in [5.74, 6) is 0. The number of benzene rings is 2. The van der Waals surface area contributed by atoms with Gasteiger partial charge in [0.25, 0.3) is 8.32 Å². The molecule has 188 valence electrons. The molecule has 3 N–H and O–H groups in total. The zero-order valence-corrected chi connectivity index (χ0v) is 22.8. The van der Waals surface area contributed by atoms with Crippen LogP contribution in [-0.2, 0) is 4.43 Å². The minimum atomic E-state index is -2.67. The van der Waals surface area contributed by atoms with Crippen molar-refractivity contribution in [3.8, 4) is 0 Å². The molecule has 0 aliphatic heterocycles. The van der Waals surface area contributed by atoms with Gasteiger partial charge in [0.15, 0.2) is 0 Å². The van der Waals surface area contributed by atoms with Crippen molar-refractivity contribution in [1.29, 1.82) is 0 Å². The Bertz CT molecular complexity index is 848. The molecule has 5 heteroatoms. The topological polar surface area (TPSA) is 69.9 Å². The summed E-state index contributed by atoms with van der Waals surface area (Å²) in [7, 11) is -2.67. The van der Waals surface area contributed by atoms with Crippen molar-refractivity contribution >= 4 is 18.7 Å². The molecule has 0 aliphatic carbocycles. The quantitative estimate of drug-likeness (QED) is 0.308. The zero-order valence-electron chi connectivity index (χ0n) is 21.8. The van der Waals surface area contributed by atoms with E-state index in [0.717, 1.165) is 6.42 Å². The number of hydrogen-bond donors (Lipinski definition) is 3. The van der Waals surface area contributed by atoms with Gasteiger partial charge in [0.2, 0.25) is 0 Å². The Morgan fingerprint density at radius 1 is 0.882 bits per heavy atom. The molecule has 0 saturated heterocycles. The fraction of sp³-hybridized carbons (Fsp3) is 0.517. The molecule has 2 aromatic rings. The van der Waals surface area contributed by atoms with Crippen LogP contribution in [0.3, 0.4) is 0 Å². The lowest BCUT2D eigenvalue weighted by molar-refractivity contribution is -0.0863. The summed E-state index contributed by atoms with van der Waals surface area (Å²) in [5, 5.41) is 33.0. The Balaban J connectivity index is 2.42. The first kappa shape index (κ1) is 28.5. The van der Waals surface area contributed by atoms with Gasteiger partial charge in [0.1, 0.15) is 6.10 Å². The van der Waals surface area contributed by atoms with E-state index in [-0.39, 0.29) is 5.04 Å². The molecule has 34 heavy (non-hydrogen) atoms. The number of aliphatic hydroxyl groups excluding tert-OH is 3. The molecule has 0 aliphatic rings. The lowest BCUT2D eigenvalue weighted by atomic mass is 9.75. The molecule has 2 rings (SSSR count). The standard InChI is InChI=1S/C29H44O4Si/c1-23(2)14-13-19-29(6,27(32)26(31)22-30)20-21-33-34(28(3,4)5,24-15-9-7-10-16-24)25-17-11-8-12-18-25/h7-12,14-18,26-27,30-32H,13,19-22H2,1-6H3/t26-,27-,29-/m0/s1. The van der Waals surface area contributed by atoms with Crippen molar-refractivity contribution in [2.45, 2.75) is 78.1 Å². The summed E-state index contributed by atoms with van der Waals surface area (Å²) in [6, 6.07) is 21.0. The van der Waals surface area contributed by atoms with Crippen molar-refractivity contribution in [3.63, 3.8) is 0 Å². The third-order valence-corrected chi connectivity index (χ3v) is 12.0. The Kier molecular flexibility index (Phi) is 10.3. The van der Waals surface area contributed by atoms with Gasteiger partial charge in [-0.05, 0) is 53.9 Å². The first-order valence-corrected chi connectivity index (χ1v) is 14.2. The molecule has 0 unspecified atom stereocenters. The largest absolute Gasteiger partial charge is 0.407 e. The highest BCUT2D eigenvalue weighted by Crippen LogP contribution is 2.39. The van der Waals surface area contributed by atoms with Crippen molar-refractivity contribution in [3.05, 3.63) is 72.3 Å². The van der Waals surface area contributed by atoms with Crippen LogP contribution in [0.2, 0.25) is 5.04 Å². The normalized spacial score (nSPS) is 15.9. The van der Waals surface area contributed by atoms with Gasteiger partial charge in [-0.25, -0.2) is 0 Å². The molecular weight excluding hydrogens is 440 g/mol. The van der Waals surface area contributed by atoms with Crippen molar-refractivity contribution < 1.29 is 19.7 Å². The molecule has 0 amide bonds. The van der Waals surface area contributed by atoms with Crippen molar-refractivity contribution in [1.82, 2.24) is 0 Å². The Labute approximate surface area is 207 Å².